The van der Waals surface area contributed by atoms with Gasteiger partial charge in [-0.2, -0.15) is 0 Å². The summed E-state index contributed by atoms with van der Waals surface area (Å²) in [6, 6.07) is 5.98. The first-order valence-electron chi connectivity index (χ1n) is 6.03. The summed E-state index contributed by atoms with van der Waals surface area (Å²) in [5, 5.41) is 3.33. The summed E-state index contributed by atoms with van der Waals surface area (Å²) in [4.78, 5) is 16.4. The number of nitrogens with one attached hydrogen (secondary N) is 1. The molecular weight excluding hydrogens is 216 g/mol. The van der Waals surface area contributed by atoms with Crippen LogP contribution in [-0.4, -0.2) is 23.6 Å². The SMILES string of the molecule is CCOC(=O)C(C)(NC1CC1)c1ccccn1. The number of carbonyl (C=O) groups excluding carboxylic acids is 1. The van der Waals surface area contributed by atoms with Crippen LogP contribution >= 0.6 is 0 Å². The summed E-state index contributed by atoms with van der Waals surface area (Å²) < 4.78 is 5.15. The largest absolute Gasteiger partial charge is 0.464 e. The number of hydrogen-bond donors (Lipinski definition) is 1. The van der Waals surface area contributed by atoms with Crippen LogP contribution < -0.4 is 5.32 Å². The van der Waals surface area contributed by atoms with Crippen molar-refractivity contribution in [2.24, 2.45) is 0 Å². The topological polar surface area (TPSA) is 51.2 Å². The number of aromatic nitrogens is 1. The highest BCUT2D eigenvalue weighted by Gasteiger charge is 2.42. The van der Waals surface area contributed by atoms with Crippen LogP contribution in [0.1, 0.15) is 32.4 Å². The molecule has 4 heteroatoms. The van der Waals surface area contributed by atoms with Crippen LogP contribution in [0.5, 0.6) is 0 Å². The Balaban J connectivity index is 2.25. The minimum absolute atomic E-state index is 0.259. The van der Waals surface area contributed by atoms with Crippen molar-refractivity contribution < 1.29 is 9.53 Å². The number of nitrogens with zero attached hydrogens (tertiary/aromatic N) is 1. The molecular formula is C13H18N2O2. The third-order valence-electron chi connectivity index (χ3n) is 2.93. The molecule has 0 bridgehead atoms. The van der Waals surface area contributed by atoms with Gasteiger partial charge < -0.3 is 4.74 Å². The summed E-state index contributed by atoms with van der Waals surface area (Å²) in [6.07, 6.45) is 3.92. The van der Waals surface area contributed by atoms with Gasteiger partial charge in [-0.25, -0.2) is 4.79 Å². The Kier molecular flexibility index (Phi) is 3.43. The third kappa shape index (κ3) is 2.64. The van der Waals surface area contributed by atoms with Crippen LogP contribution in [0.15, 0.2) is 24.4 Å². The summed E-state index contributed by atoms with van der Waals surface area (Å²) >= 11 is 0. The summed E-state index contributed by atoms with van der Waals surface area (Å²) in [7, 11) is 0. The fraction of sp³-hybridized carbons (Fsp3) is 0.538. The Labute approximate surface area is 101 Å². The van der Waals surface area contributed by atoms with Crippen molar-refractivity contribution in [1.82, 2.24) is 10.3 Å². The van der Waals surface area contributed by atoms with Crippen LogP contribution in [0, 0.1) is 0 Å². The molecule has 1 atom stereocenters. The van der Waals surface area contributed by atoms with E-state index in [2.05, 4.69) is 10.3 Å². The number of hydrogen-bond acceptors (Lipinski definition) is 4. The molecule has 1 N–H and O–H groups in total. The lowest BCUT2D eigenvalue weighted by Crippen LogP contribution is -2.49. The fourth-order valence-corrected chi connectivity index (χ4v) is 1.81. The number of ether oxygens (including phenoxy) is 1. The molecule has 1 aromatic rings. The molecule has 0 saturated heterocycles. The molecule has 1 aromatic heterocycles. The molecule has 4 nitrogen and oxygen atoms in total. The first-order chi connectivity index (χ1) is 8.16. The maximum absolute atomic E-state index is 12.1. The van der Waals surface area contributed by atoms with Gasteiger partial charge in [-0.1, -0.05) is 6.07 Å². The van der Waals surface area contributed by atoms with E-state index in [1.54, 1.807) is 6.20 Å². The lowest BCUT2D eigenvalue weighted by atomic mass is 9.97. The Morgan fingerprint density at radius 2 is 2.35 bits per heavy atom. The number of pyridine rings is 1. The van der Waals surface area contributed by atoms with Crippen LogP contribution in [0.4, 0.5) is 0 Å². The van der Waals surface area contributed by atoms with Crippen molar-refractivity contribution in [2.45, 2.75) is 38.3 Å². The molecule has 0 amide bonds. The Morgan fingerprint density at radius 3 is 2.88 bits per heavy atom. The van der Waals surface area contributed by atoms with Crippen molar-refractivity contribution in [3.8, 4) is 0 Å². The maximum atomic E-state index is 12.1. The van der Waals surface area contributed by atoms with Gasteiger partial charge in [0.15, 0.2) is 5.54 Å². The minimum Gasteiger partial charge on any atom is -0.464 e. The second-order valence-corrected chi connectivity index (χ2v) is 4.48. The highest BCUT2D eigenvalue weighted by atomic mass is 16.5. The Bertz CT molecular complexity index is 390. The second-order valence-electron chi connectivity index (χ2n) is 4.48. The predicted molar refractivity (Wildman–Crippen MR) is 64.4 cm³/mol. The zero-order chi connectivity index (χ0) is 12.3. The predicted octanol–water partition coefficient (Wildman–Crippen LogP) is 1.61. The van der Waals surface area contributed by atoms with Gasteiger partial charge in [-0.05, 0) is 38.8 Å². The first-order valence-corrected chi connectivity index (χ1v) is 6.03. The van der Waals surface area contributed by atoms with Gasteiger partial charge in [0.2, 0.25) is 0 Å². The van der Waals surface area contributed by atoms with Crippen LogP contribution in [-0.2, 0) is 15.1 Å². The van der Waals surface area contributed by atoms with Crippen LogP contribution in [0.2, 0.25) is 0 Å². The van der Waals surface area contributed by atoms with Crippen molar-refractivity contribution in [3.63, 3.8) is 0 Å². The molecule has 0 aromatic carbocycles. The van der Waals surface area contributed by atoms with Crippen LogP contribution in [0.25, 0.3) is 0 Å². The molecule has 17 heavy (non-hydrogen) atoms. The zero-order valence-electron chi connectivity index (χ0n) is 10.3. The smallest absolute Gasteiger partial charge is 0.332 e. The van der Waals surface area contributed by atoms with Gasteiger partial charge in [0, 0.05) is 12.2 Å². The molecule has 2 rings (SSSR count). The molecule has 1 aliphatic carbocycles. The van der Waals surface area contributed by atoms with E-state index in [-0.39, 0.29) is 5.97 Å². The quantitative estimate of drug-likeness (QED) is 0.786. The molecule has 1 heterocycles. The number of rotatable bonds is 5. The second kappa shape index (κ2) is 4.84. The molecule has 1 fully saturated rings. The highest BCUT2D eigenvalue weighted by molar-refractivity contribution is 5.81. The lowest BCUT2D eigenvalue weighted by molar-refractivity contribution is -0.151. The van der Waals surface area contributed by atoms with Gasteiger partial charge in [0.1, 0.15) is 0 Å². The standard InChI is InChI=1S/C13H18N2O2/c1-3-17-12(16)13(2,15-10-7-8-10)11-6-4-5-9-14-11/h4-6,9-10,15H,3,7-8H2,1-2H3. The zero-order valence-corrected chi connectivity index (χ0v) is 10.3. The molecule has 1 saturated carbocycles. The molecule has 0 aliphatic heterocycles. The summed E-state index contributed by atoms with van der Waals surface area (Å²) in [6.45, 7) is 4.03. The minimum atomic E-state index is -0.835. The fourth-order valence-electron chi connectivity index (χ4n) is 1.81. The van der Waals surface area contributed by atoms with E-state index >= 15 is 0 Å². The number of esters is 1. The molecule has 1 unspecified atom stereocenters. The monoisotopic (exact) mass is 234 g/mol. The summed E-state index contributed by atoms with van der Waals surface area (Å²) in [5.74, 6) is -0.259. The van der Waals surface area contributed by atoms with E-state index in [1.807, 2.05) is 32.0 Å². The summed E-state index contributed by atoms with van der Waals surface area (Å²) in [5.41, 5.74) is -0.122. The van der Waals surface area contributed by atoms with Gasteiger partial charge in [-0.3, -0.25) is 10.3 Å². The average Bonchev–Trinajstić information content (AvgIpc) is 3.14. The van der Waals surface area contributed by atoms with E-state index in [0.717, 1.165) is 12.8 Å². The van der Waals surface area contributed by atoms with E-state index < -0.39 is 5.54 Å². The Morgan fingerprint density at radius 1 is 1.59 bits per heavy atom. The number of carbonyl (C=O) groups is 1. The third-order valence-corrected chi connectivity index (χ3v) is 2.93. The van der Waals surface area contributed by atoms with Crippen molar-refractivity contribution in [2.75, 3.05) is 6.61 Å². The average molecular weight is 234 g/mol. The Hall–Kier alpha value is -1.42. The first kappa shape index (κ1) is 12.0. The van der Waals surface area contributed by atoms with Crippen LogP contribution in [0.3, 0.4) is 0 Å². The van der Waals surface area contributed by atoms with Gasteiger partial charge >= 0.3 is 5.97 Å². The van der Waals surface area contributed by atoms with Gasteiger partial charge in [-0.15, -0.1) is 0 Å². The van der Waals surface area contributed by atoms with Crippen molar-refractivity contribution in [1.29, 1.82) is 0 Å². The normalized spacial score (nSPS) is 18.5. The highest BCUT2D eigenvalue weighted by Crippen LogP contribution is 2.28. The molecule has 92 valence electrons. The molecule has 1 aliphatic rings. The van der Waals surface area contributed by atoms with Gasteiger partial charge in [0.25, 0.3) is 0 Å². The van der Waals surface area contributed by atoms with E-state index in [4.69, 9.17) is 4.74 Å². The van der Waals surface area contributed by atoms with E-state index in [9.17, 15) is 4.79 Å². The lowest BCUT2D eigenvalue weighted by Gasteiger charge is -2.28. The van der Waals surface area contributed by atoms with E-state index in [1.165, 1.54) is 0 Å². The van der Waals surface area contributed by atoms with Crippen molar-refractivity contribution >= 4 is 5.97 Å². The van der Waals surface area contributed by atoms with Gasteiger partial charge in [0.05, 0.1) is 12.3 Å². The molecule has 0 spiro atoms. The molecule has 0 radical (unpaired) electrons. The van der Waals surface area contributed by atoms with E-state index in [0.29, 0.717) is 18.3 Å². The van der Waals surface area contributed by atoms with Crippen molar-refractivity contribution in [3.05, 3.63) is 30.1 Å². The maximum Gasteiger partial charge on any atom is 0.332 e.